The molecule has 1 heterocycles. The zero-order chi connectivity index (χ0) is 12.5. The molecule has 1 aliphatic rings. The lowest BCUT2D eigenvalue weighted by molar-refractivity contribution is 0.217. The van der Waals surface area contributed by atoms with E-state index < -0.39 is 0 Å². The van der Waals surface area contributed by atoms with Crippen molar-refractivity contribution in [2.75, 3.05) is 5.32 Å². The van der Waals surface area contributed by atoms with Gasteiger partial charge in [-0.3, -0.25) is 0 Å². The molecule has 2 rings (SSSR count). The topological polar surface area (TPSA) is 48.7 Å². The average Bonchev–Trinajstić information content (AvgIpc) is 2.62. The Bertz CT molecular complexity index is 447. The maximum absolute atomic E-state index is 8.85. The fraction of sp³-hybridized carbons (Fsp3) is 0.667. The number of nitrogens with zero attached hydrogens (tertiary/aromatic N) is 2. The average molecular weight is 270 g/mol. The number of nitrogens with one attached hydrogen (secondary N) is 1. The van der Waals surface area contributed by atoms with Crippen molar-refractivity contribution in [3.63, 3.8) is 0 Å². The molecule has 92 valence electrons. The molecule has 1 unspecified atom stereocenters. The Kier molecular flexibility index (Phi) is 3.60. The molecule has 1 aromatic heterocycles. The van der Waals surface area contributed by atoms with Crippen molar-refractivity contribution in [3.8, 4) is 6.07 Å². The van der Waals surface area contributed by atoms with Crippen LogP contribution in [0, 0.1) is 16.7 Å². The van der Waals surface area contributed by atoms with E-state index in [1.165, 1.54) is 30.6 Å². The first kappa shape index (κ1) is 12.7. The van der Waals surface area contributed by atoms with E-state index in [1.54, 1.807) is 0 Å². The van der Waals surface area contributed by atoms with E-state index in [0.29, 0.717) is 16.1 Å². The highest BCUT2D eigenvalue weighted by Crippen LogP contribution is 2.38. The monoisotopic (exact) mass is 269 g/mol. The molecule has 0 aliphatic heterocycles. The zero-order valence-electron chi connectivity index (χ0n) is 10.1. The third-order valence-electron chi connectivity index (χ3n) is 3.49. The van der Waals surface area contributed by atoms with Gasteiger partial charge in [-0.25, -0.2) is 4.98 Å². The van der Waals surface area contributed by atoms with Crippen molar-refractivity contribution in [2.45, 2.75) is 45.6 Å². The van der Waals surface area contributed by atoms with Gasteiger partial charge in [-0.2, -0.15) is 5.26 Å². The summed E-state index contributed by atoms with van der Waals surface area (Å²) in [6, 6.07) is 2.48. The summed E-state index contributed by atoms with van der Waals surface area (Å²) in [4.78, 5) is 4.68. The van der Waals surface area contributed by atoms with Gasteiger partial charge in [-0.15, -0.1) is 0 Å². The summed E-state index contributed by atoms with van der Waals surface area (Å²) >= 11 is 7.21. The summed E-state index contributed by atoms with van der Waals surface area (Å²) < 4.78 is 0. The van der Waals surface area contributed by atoms with Gasteiger partial charge in [0.25, 0.3) is 0 Å². The number of thiazole rings is 1. The molecule has 1 aromatic rings. The number of nitriles is 1. The van der Waals surface area contributed by atoms with E-state index in [4.69, 9.17) is 16.9 Å². The molecule has 0 radical (unpaired) electrons. The summed E-state index contributed by atoms with van der Waals surface area (Å²) in [5.74, 6) is 0. The first-order chi connectivity index (χ1) is 8.03. The van der Waals surface area contributed by atoms with Gasteiger partial charge in [-0.05, 0) is 18.3 Å². The van der Waals surface area contributed by atoms with Gasteiger partial charge in [0.05, 0.1) is 0 Å². The first-order valence-corrected chi connectivity index (χ1v) is 7.05. The van der Waals surface area contributed by atoms with Crippen molar-refractivity contribution < 1.29 is 0 Å². The molecule has 0 saturated heterocycles. The maximum atomic E-state index is 8.85. The lowest BCUT2D eigenvalue weighted by Gasteiger charge is -2.38. The van der Waals surface area contributed by atoms with Gasteiger partial charge in [0.2, 0.25) is 0 Å². The highest BCUT2D eigenvalue weighted by molar-refractivity contribution is 7.16. The summed E-state index contributed by atoms with van der Waals surface area (Å²) in [6.07, 6.45) is 4.94. The Morgan fingerprint density at radius 1 is 1.53 bits per heavy atom. The minimum Gasteiger partial charge on any atom is -0.358 e. The first-order valence-electron chi connectivity index (χ1n) is 5.86. The molecule has 1 atom stereocenters. The van der Waals surface area contributed by atoms with Crippen molar-refractivity contribution >= 4 is 28.1 Å². The third kappa shape index (κ3) is 2.72. The molecule has 0 spiro atoms. The van der Waals surface area contributed by atoms with Gasteiger partial charge in [0.15, 0.2) is 10.3 Å². The molecule has 1 N–H and O–H groups in total. The quantitative estimate of drug-likeness (QED) is 0.881. The maximum Gasteiger partial charge on any atom is 0.185 e. The van der Waals surface area contributed by atoms with Crippen LogP contribution in [0.2, 0.25) is 5.15 Å². The van der Waals surface area contributed by atoms with Crippen LogP contribution < -0.4 is 5.32 Å². The molecule has 3 nitrogen and oxygen atoms in total. The van der Waals surface area contributed by atoms with Crippen LogP contribution in [0.15, 0.2) is 0 Å². The van der Waals surface area contributed by atoms with Crippen LogP contribution in [0.3, 0.4) is 0 Å². The van der Waals surface area contributed by atoms with Gasteiger partial charge in [0.1, 0.15) is 10.9 Å². The lowest BCUT2D eigenvalue weighted by Crippen LogP contribution is -2.38. The van der Waals surface area contributed by atoms with Gasteiger partial charge in [0, 0.05) is 6.04 Å². The van der Waals surface area contributed by atoms with Crippen LogP contribution in [0.25, 0.3) is 0 Å². The fourth-order valence-corrected chi connectivity index (χ4v) is 3.34. The minimum atomic E-state index is 0.281. The summed E-state index contributed by atoms with van der Waals surface area (Å²) in [5.41, 5.74) is 0.281. The predicted octanol–water partition coefficient (Wildman–Crippen LogP) is 4.05. The lowest BCUT2D eigenvalue weighted by atomic mass is 9.73. The summed E-state index contributed by atoms with van der Waals surface area (Å²) in [5, 5.41) is 13.4. The SMILES string of the molecule is CC1(C)CCCCC1Nc1nc(Cl)c(C#N)s1. The van der Waals surface area contributed by atoms with Crippen molar-refractivity contribution in [3.05, 3.63) is 10.0 Å². The van der Waals surface area contributed by atoms with E-state index >= 15 is 0 Å². The Labute approximate surface area is 111 Å². The normalized spacial score (nSPS) is 23.1. The molecule has 0 aromatic carbocycles. The van der Waals surface area contributed by atoms with Crippen LogP contribution in [0.1, 0.15) is 44.4 Å². The number of hydrogen-bond acceptors (Lipinski definition) is 4. The molecule has 1 fully saturated rings. The smallest absolute Gasteiger partial charge is 0.185 e. The molecule has 17 heavy (non-hydrogen) atoms. The third-order valence-corrected chi connectivity index (χ3v) is 4.77. The van der Waals surface area contributed by atoms with Crippen LogP contribution >= 0.6 is 22.9 Å². The van der Waals surface area contributed by atoms with Gasteiger partial charge >= 0.3 is 0 Å². The minimum absolute atomic E-state index is 0.281. The van der Waals surface area contributed by atoms with E-state index in [9.17, 15) is 0 Å². The second kappa shape index (κ2) is 4.83. The number of aromatic nitrogens is 1. The van der Waals surface area contributed by atoms with Crippen LogP contribution in [-0.4, -0.2) is 11.0 Å². The predicted molar refractivity (Wildman–Crippen MR) is 71.5 cm³/mol. The van der Waals surface area contributed by atoms with Crippen LogP contribution in [-0.2, 0) is 0 Å². The Balaban J connectivity index is 2.12. The van der Waals surface area contributed by atoms with Crippen molar-refractivity contribution in [2.24, 2.45) is 5.41 Å². The number of hydrogen-bond donors (Lipinski definition) is 1. The molecule has 1 saturated carbocycles. The highest BCUT2D eigenvalue weighted by Gasteiger charge is 2.32. The fourth-order valence-electron chi connectivity index (χ4n) is 2.34. The largest absolute Gasteiger partial charge is 0.358 e. The van der Waals surface area contributed by atoms with Crippen molar-refractivity contribution in [1.29, 1.82) is 5.26 Å². The van der Waals surface area contributed by atoms with Gasteiger partial charge < -0.3 is 5.32 Å². The summed E-state index contributed by atoms with van der Waals surface area (Å²) in [7, 11) is 0. The highest BCUT2D eigenvalue weighted by atomic mass is 35.5. The molecular weight excluding hydrogens is 254 g/mol. The van der Waals surface area contributed by atoms with Crippen LogP contribution in [0.5, 0.6) is 0 Å². The van der Waals surface area contributed by atoms with E-state index in [2.05, 4.69) is 30.2 Å². The van der Waals surface area contributed by atoms with E-state index in [0.717, 1.165) is 11.6 Å². The standard InChI is InChI=1S/C12H16ClN3S/c1-12(2)6-4-3-5-9(12)15-11-16-10(13)8(7-14)17-11/h9H,3-6H2,1-2H3,(H,15,16). The van der Waals surface area contributed by atoms with E-state index in [1.807, 2.05) is 0 Å². The molecule has 1 aliphatic carbocycles. The Morgan fingerprint density at radius 3 is 2.88 bits per heavy atom. The Hall–Kier alpha value is -0.790. The molecule has 0 amide bonds. The second-order valence-electron chi connectivity index (χ2n) is 5.18. The zero-order valence-corrected chi connectivity index (χ0v) is 11.7. The number of rotatable bonds is 2. The second-order valence-corrected chi connectivity index (χ2v) is 6.54. The molecule has 0 bridgehead atoms. The van der Waals surface area contributed by atoms with Crippen molar-refractivity contribution in [1.82, 2.24) is 4.98 Å². The van der Waals surface area contributed by atoms with E-state index in [-0.39, 0.29) is 5.41 Å². The summed E-state index contributed by atoms with van der Waals surface area (Å²) in [6.45, 7) is 4.56. The number of anilines is 1. The molecular formula is C12H16ClN3S. The molecule has 5 heteroatoms. The number of halogens is 1. The van der Waals surface area contributed by atoms with Gasteiger partial charge in [-0.1, -0.05) is 49.6 Å². The van der Waals surface area contributed by atoms with Crippen LogP contribution in [0.4, 0.5) is 5.13 Å². The Morgan fingerprint density at radius 2 is 2.29 bits per heavy atom.